The van der Waals surface area contributed by atoms with Gasteiger partial charge in [-0.2, -0.15) is 0 Å². The van der Waals surface area contributed by atoms with Crippen LogP contribution in [0.4, 0.5) is 5.69 Å². The van der Waals surface area contributed by atoms with Gasteiger partial charge in [0.15, 0.2) is 0 Å². The molecule has 1 aliphatic rings. The van der Waals surface area contributed by atoms with Gasteiger partial charge in [0.05, 0.1) is 29.1 Å². The Morgan fingerprint density at radius 2 is 1.88 bits per heavy atom. The van der Waals surface area contributed by atoms with Crippen molar-refractivity contribution in [1.29, 1.82) is 0 Å². The van der Waals surface area contributed by atoms with E-state index in [4.69, 9.17) is 16.0 Å². The van der Waals surface area contributed by atoms with Crippen LogP contribution in [0.25, 0.3) is 0 Å². The Morgan fingerprint density at radius 3 is 2.52 bits per heavy atom. The summed E-state index contributed by atoms with van der Waals surface area (Å²) in [5.74, 6) is 0.497. The fourth-order valence-corrected chi connectivity index (χ4v) is 3.02. The zero-order chi connectivity index (χ0) is 17.8. The number of piperazine rings is 1. The lowest BCUT2D eigenvalue weighted by Crippen LogP contribution is -2.50. The number of hydrogen-bond donors (Lipinski definition) is 1. The van der Waals surface area contributed by atoms with Crippen LogP contribution in [0.1, 0.15) is 16.1 Å². The highest BCUT2D eigenvalue weighted by Crippen LogP contribution is 2.20. The van der Waals surface area contributed by atoms with E-state index in [0.717, 1.165) is 0 Å². The smallest absolute Gasteiger partial charge is 0.257 e. The molecule has 1 fully saturated rings. The molecular formula is C18H20ClN3O3. The number of aryl methyl sites for hydroxylation is 1. The molecular weight excluding hydrogens is 342 g/mol. The second kappa shape index (κ2) is 7.72. The molecule has 0 saturated carbocycles. The topological polar surface area (TPSA) is 65.8 Å². The number of benzene rings is 1. The number of anilines is 1. The molecule has 1 aliphatic heterocycles. The third-order valence-electron chi connectivity index (χ3n) is 4.26. The summed E-state index contributed by atoms with van der Waals surface area (Å²) in [7, 11) is 0. The van der Waals surface area contributed by atoms with Crippen LogP contribution in [-0.2, 0) is 4.79 Å². The first-order valence-electron chi connectivity index (χ1n) is 8.14. The zero-order valence-electron chi connectivity index (χ0n) is 14.0. The fourth-order valence-electron chi connectivity index (χ4n) is 2.84. The van der Waals surface area contributed by atoms with E-state index in [-0.39, 0.29) is 18.4 Å². The van der Waals surface area contributed by atoms with Crippen LogP contribution in [0.2, 0.25) is 5.02 Å². The van der Waals surface area contributed by atoms with Crippen LogP contribution in [0.5, 0.6) is 0 Å². The molecule has 132 valence electrons. The first-order valence-corrected chi connectivity index (χ1v) is 8.52. The maximum atomic E-state index is 12.4. The summed E-state index contributed by atoms with van der Waals surface area (Å²) in [4.78, 5) is 28.4. The average molecular weight is 362 g/mol. The highest BCUT2D eigenvalue weighted by molar-refractivity contribution is 6.33. The number of furan rings is 1. The number of para-hydroxylation sites is 1. The lowest BCUT2D eigenvalue weighted by molar-refractivity contribution is -0.117. The Bertz CT molecular complexity index is 766. The first kappa shape index (κ1) is 17.5. The number of nitrogens with one attached hydrogen (secondary N) is 1. The van der Waals surface area contributed by atoms with Gasteiger partial charge in [0.2, 0.25) is 5.91 Å². The van der Waals surface area contributed by atoms with Gasteiger partial charge in [0.1, 0.15) is 5.76 Å². The molecule has 0 spiro atoms. The molecule has 0 aliphatic carbocycles. The molecule has 1 aromatic heterocycles. The van der Waals surface area contributed by atoms with E-state index in [9.17, 15) is 9.59 Å². The summed E-state index contributed by atoms with van der Waals surface area (Å²) in [6.45, 7) is 4.53. The van der Waals surface area contributed by atoms with Crippen molar-refractivity contribution in [3.05, 3.63) is 52.9 Å². The maximum absolute atomic E-state index is 12.4. The monoisotopic (exact) mass is 361 g/mol. The average Bonchev–Trinajstić information content (AvgIpc) is 3.03. The molecule has 7 heteroatoms. The van der Waals surface area contributed by atoms with E-state index >= 15 is 0 Å². The van der Waals surface area contributed by atoms with Crippen molar-refractivity contribution in [1.82, 2.24) is 9.80 Å². The summed E-state index contributed by atoms with van der Waals surface area (Å²) in [6.07, 6.45) is 1.53. The molecule has 2 heterocycles. The van der Waals surface area contributed by atoms with Crippen LogP contribution >= 0.6 is 11.6 Å². The number of hydrogen-bond acceptors (Lipinski definition) is 4. The molecule has 3 rings (SSSR count). The van der Waals surface area contributed by atoms with Crippen molar-refractivity contribution >= 4 is 29.1 Å². The lowest BCUT2D eigenvalue weighted by atomic mass is 10.2. The van der Waals surface area contributed by atoms with Gasteiger partial charge in [-0.05, 0) is 25.1 Å². The number of rotatable bonds is 4. The van der Waals surface area contributed by atoms with Gasteiger partial charge < -0.3 is 14.6 Å². The lowest BCUT2D eigenvalue weighted by Gasteiger charge is -2.34. The van der Waals surface area contributed by atoms with Crippen molar-refractivity contribution in [2.45, 2.75) is 6.92 Å². The minimum atomic E-state index is -0.112. The minimum absolute atomic E-state index is 0.0218. The molecule has 2 aromatic rings. The number of amides is 2. The summed E-state index contributed by atoms with van der Waals surface area (Å²) in [5.41, 5.74) is 1.21. The van der Waals surface area contributed by atoms with Gasteiger partial charge in [-0.15, -0.1) is 0 Å². The second-order valence-corrected chi connectivity index (χ2v) is 6.39. The van der Waals surface area contributed by atoms with E-state index in [1.54, 1.807) is 30.0 Å². The van der Waals surface area contributed by atoms with Crippen molar-refractivity contribution in [3.63, 3.8) is 0 Å². The summed E-state index contributed by atoms with van der Waals surface area (Å²) in [6, 6.07) is 8.84. The van der Waals surface area contributed by atoms with Gasteiger partial charge >= 0.3 is 0 Å². The third kappa shape index (κ3) is 4.21. The van der Waals surface area contributed by atoms with Gasteiger partial charge in [-0.1, -0.05) is 23.7 Å². The largest absolute Gasteiger partial charge is 0.469 e. The zero-order valence-corrected chi connectivity index (χ0v) is 14.8. The fraction of sp³-hybridized carbons (Fsp3) is 0.333. The Morgan fingerprint density at radius 1 is 1.16 bits per heavy atom. The standard InChI is InChI=1S/C18H20ClN3O3/c1-13-14(6-11-25-13)18(24)22-9-7-21(8-10-22)12-17(23)20-16-5-3-2-4-15(16)19/h2-6,11H,7-10,12H2,1H3,(H,20,23). The highest BCUT2D eigenvalue weighted by Gasteiger charge is 2.25. The molecule has 6 nitrogen and oxygen atoms in total. The second-order valence-electron chi connectivity index (χ2n) is 5.99. The van der Waals surface area contributed by atoms with Gasteiger partial charge in [0.25, 0.3) is 5.91 Å². The molecule has 0 atom stereocenters. The van der Waals surface area contributed by atoms with E-state index < -0.39 is 0 Å². The van der Waals surface area contributed by atoms with E-state index in [1.807, 2.05) is 17.0 Å². The first-order chi connectivity index (χ1) is 12.0. The molecule has 0 bridgehead atoms. The number of carbonyl (C=O) groups is 2. The molecule has 1 aromatic carbocycles. The van der Waals surface area contributed by atoms with Crippen molar-refractivity contribution < 1.29 is 14.0 Å². The molecule has 1 saturated heterocycles. The SMILES string of the molecule is Cc1occc1C(=O)N1CCN(CC(=O)Nc2ccccc2Cl)CC1. The van der Waals surface area contributed by atoms with Crippen LogP contribution in [0.3, 0.4) is 0 Å². The maximum Gasteiger partial charge on any atom is 0.257 e. The van der Waals surface area contributed by atoms with Gasteiger partial charge in [-0.3, -0.25) is 14.5 Å². The van der Waals surface area contributed by atoms with Crippen LogP contribution in [0.15, 0.2) is 41.0 Å². The van der Waals surface area contributed by atoms with Crippen molar-refractivity contribution in [2.75, 3.05) is 38.0 Å². The van der Waals surface area contributed by atoms with Gasteiger partial charge in [-0.25, -0.2) is 0 Å². The third-order valence-corrected chi connectivity index (χ3v) is 4.59. The number of carbonyl (C=O) groups excluding carboxylic acids is 2. The van der Waals surface area contributed by atoms with E-state index in [2.05, 4.69) is 5.32 Å². The van der Waals surface area contributed by atoms with Crippen molar-refractivity contribution in [2.24, 2.45) is 0 Å². The quantitative estimate of drug-likeness (QED) is 0.909. The highest BCUT2D eigenvalue weighted by atomic mass is 35.5. The summed E-state index contributed by atoms with van der Waals surface area (Å²) >= 11 is 6.05. The molecule has 0 radical (unpaired) electrons. The normalized spacial score (nSPS) is 15.2. The van der Waals surface area contributed by atoms with Crippen LogP contribution in [0, 0.1) is 6.92 Å². The predicted molar refractivity (Wildman–Crippen MR) is 95.9 cm³/mol. The Hall–Kier alpha value is -2.31. The summed E-state index contributed by atoms with van der Waals surface area (Å²) < 4.78 is 5.19. The molecule has 1 N–H and O–H groups in total. The van der Waals surface area contributed by atoms with Crippen LogP contribution < -0.4 is 5.32 Å². The minimum Gasteiger partial charge on any atom is -0.469 e. The predicted octanol–water partition coefficient (Wildman–Crippen LogP) is 2.64. The van der Waals surface area contributed by atoms with E-state index in [0.29, 0.717) is 48.2 Å². The Kier molecular flexibility index (Phi) is 5.40. The Balaban J connectivity index is 1.49. The van der Waals surface area contributed by atoms with Gasteiger partial charge in [0, 0.05) is 26.2 Å². The van der Waals surface area contributed by atoms with E-state index in [1.165, 1.54) is 6.26 Å². The molecule has 25 heavy (non-hydrogen) atoms. The van der Waals surface area contributed by atoms with Crippen LogP contribution in [-0.4, -0.2) is 54.3 Å². The summed E-state index contributed by atoms with van der Waals surface area (Å²) in [5, 5.41) is 3.33. The van der Waals surface area contributed by atoms with Crippen molar-refractivity contribution in [3.8, 4) is 0 Å². The Labute approximate surface area is 151 Å². The molecule has 0 unspecified atom stereocenters. The number of halogens is 1. The number of nitrogens with zero attached hydrogens (tertiary/aromatic N) is 2. The molecule has 2 amide bonds.